The third-order valence-electron chi connectivity index (χ3n) is 10.9. The molecule has 5 heteroatoms. The Bertz CT molecular complexity index is 2910. The number of rotatable bonds is 4. The first-order valence-electron chi connectivity index (χ1n) is 18.5. The molecular formula is C49H34N4S. The number of nitrogens with one attached hydrogen (secondary N) is 2. The van der Waals surface area contributed by atoms with E-state index in [-0.39, 0.29) is 12.3 Å². The van der Waals surface area contributed by atoms with Crippen LogP contribution in [0.2, 0.25) is 0 Å². The lowest BCUT2D eigenvalue weighted by Crippen LogP contribution is -2.44. The quantitative estimate of drug-likeness (QED) is 0.191. The zero-order chi connectivity index (χ0) is 35.6. The molecule has 0 aliphatic carbocycles. The van der Waals surface area contributed by atoms with Crippen LogP contribution in [0.1, 0.15) is 29.0 Å². The van der Waals surface area contributed by atoms with Gasteiger partial charge in [0.25, 0.3) is 0 Å². The van der Waals surface area contributed by atoms with E-state index in [9.17, 15) is 0 Å². The molecule has 256 valence electrons. The topological polar surface area (TPSA) is 41.4 Å². The molecule has 2 atom stereocenters. The van der Waals surface area contributed by atoms with E-state index < -0.39 is 0 Å². The summed E-state index contributed by atoms with van der Waals surface area (Å²) in [6.07, 6.45) is -0.327. The summed E-state index contributed by atoms with van der Waals surface area (Å²) in [5.74, 6) is 0.881. The summed E-state index contributed by atoms with van der Waals surface area (Å²) in [5.41, 5.74) is 12.0. The minimum Gasteiger partial charge on any atom is -0.350 e. The van der Waals surface area contributed by atoms with Gasteiger partial charge in [-0.05, 0) is 68.9 Å². The minimum atomic E-state index is -0.185. The molecule has 2 unspecified atom stereocenters. The highest BCUT2D eigenvalue weighted by Gasteiger charge is 2.28. The van der Waals surface area contributed by atoms with Crippen molar-refractivity contribution in [2.24, 2.45) is 4.99 Å². The maximum Gasteiger partial charge on any atom is 0.131 e. The number of amidine groups is 1. The van der Waals surface area contributed by atoms with Crippen molar-refractivity contribution >= 4 is 50.2 Å². The van der Waals surface area contributed by atoms with Gasteiger partial charge in [0.15, 0.2) is 0 Å². The fourth-order valence-electron chi connectivity index (χ4n) is 8.40. The smallest absolute Gasteiger partial charge is 0.131 e. The number of hydrogen-bond acceptors (Lipinski definition) is 4. The Kier molecular flexibility index (Phi) is 7.29. The van der Waals surface area contributed by atoms with Crippen LogP contribution < -0.4 is 10.6 Å². The predicted octanol–water partition coefficient (Wildman–Crippen LogP) is 12.1. The lowest BCUT2D eigenvalue weighted by atomic mass is 9.93. The third kappa shape index (κ3) is 5.01. The van der Waals surface area contributed by atoms with Crippen molar-refractivity contribution in [3.63, 3.8) is 0 Å². The van der Waals surface area contributed by atoms with Gasteiger partial charge in [0.2, 0.25) is 0 Å². The second kappa shape index (κ2) is 12.6. The summed E-state index contributed by atoms with van der Waals surface area (Å²) in [6.45, 7) is 0. The summed E-state index contributed by atoms with van der Waals surface area (Å²) < 4.78 is 2.50. The van der Waals surface area contributed by atoms with Crippen molar-refractivity contribution in [2.45, 2.75) is 22.1 Å². The molecule has 4 nitrogen and oxygen atoms in total. The molecule has 0 spiro atoms. The predicted molar refractivity (Wildman–Crippen MR) is 224 cm³/mol. The molecule has 0 bridgehead atoms. The molecule has 0 amide bonds. The first-order valence-corrected chi connectivity index (χ1v) is 19.3. The molecule has 54 heavy (non-hydrogen) atoms. The van der Waals surface area contributed by atoms with Gasteiger partial charge < -0.3 is 9.88 Å². The van der Waals surface area contributed by atoms with Gasteiger partial charge in [-0.1, -0.05) is 163 Å². The first-order chi connectivity index (χ1) is 26.8. The zero-order valence-corrected chi connectivity index (χ0v) is 30.1. The van der Waals surface area contributed by atoms with Crippen molar-refractivity contribution in [3.8, 4) is 27.9 Å². The minimum absolute atomic E-state index is 0.142. The van der Waals surface area contributed by atoms with Crippen LogP contribution in [-0.4, -0.2) is 10.4 Å². The molecule has 11 rings (SSSR count). The number of hydrogen-bond donors (Lipinski definition) is 2. The molecule has 3 heterocycles. The van der Waals surface area contributed by atoms with Gasteiger partial charge in [0.05, 0.1) is 11.0 Å². The highest BCUT2D eigenvalue weighted by atomic mass is 32.2. The molecule has 2 aliphatic heterocycles. The highest BCUT2D eigenvalue weighted by Crippen LogP contribution is 2.52. The summed E-state index contributed by atoms with van der Waals surface area (Å²) in [4.78, 5) is 7.66. The van der Waals surface area contributed by atoms with Gasteiger partial charge >= 0.3 is 0 Å². The van der Waals surface area contributed by atoms with Gasteiger partial charge in [0.1, 0.15) is 18.2 Å². The van der Waals surface area contributed by atoms with Gasteiger partial charge in [-0.25, -0.2) is 4.99 Å². The van der Waals surface area contributed by atoms with Crippen LogP contribution in [0, 0.1) is 0 Å². The van der Waals surface area contributed by atoms with Gasteiger partial charge in [-0.3, -0.25) is 5.32 Å². The number of aliphatic imine (C=N–C) groups is 1. The molecule has 0 radical (unpaired) electrons. The largest absolute Gasteiger partial charge is 0.350 e. The van der Waals surface area contributed by atoms with Crippen molar-refractivity contribution in [3.05, 3.63) is 199 Å². The highest BCUT2D eigenvalue weighted by molar-refractivity contribution is 7.99. The normalized spacial score (nSPS) is 16.3. The van der Waals surface area contributed by atoms with Crippen LogP contribution in [0.15, 0.2) is 197 Å². The maximum atomic E-state index is 5.12. The summed E-state index contributed by atoms with van der Waals surface area (Å²) >= 11 is 1.87. The van der Waals surface area contributed by atoms with Crippen LogP contribution in [0.3, 0.4) is 0 Å². The van der Waals surface area contributed by atoms with Crippen LogP contribution >= 0.6 is 11.8 Å². The van der Waals surface area contributed by atoms with Crippen LogP contribution in [-0.2, 0) is 0 Å². The molecule has 8 aromatic carbocycles. The van der Waals surface area contributed by atoms with Gasteiger partial charge in [-0.15, -0.1) is 0 Å². The Labute approximate surface area is 317 Å². The van der Waals surface area contributed by atoms with E-state index in [1.54, 1.807) is 0 Å². The molecule has 2 N–H and O–H groups in total. The van der Waals surface area contributed by atoms with E-state index in [1.807, 2.05) is 17.8 Å². The Morgan fingerprint density at radius 3 is 2.06 bits per heavy atom. The number of aromatic nitrogens is 1. The summed E-state index contributed by atoms with van der Waals surface area (Å²) in [7, 11) is 0. The van der Waals surface area contributed by atoms with E-state index >= 15 is 0 Å². The monoisotopic (exact) mass is 710 g/mol. The van der Waals surface area contributed by atoms with Gasteiger partial charge in [0, 0.05) is 37.4 Å². The van der Waals surface area contributed by atoms with Crippen molar-refractivity contribution in [2.75, 3.05) is 0 Å². The number of nitrogens with zero attached hydrogens (tertiary/aromatic N) is 2. The molecule has 1 aromatic heterocycles. The lowest BCUT2D eigenvalue weighted by molar-refractivity contribution is 0.409. The molecule has 0 saturated heterocycles. The van der Waals surface area contributed by atoms with Crippen molar-refractivity contribution in [1.29, 1.82) is 0 Å². The standard InChI is InChI=1S/C49H34N4S/c1-3-14-32(15-4-1)47-50-48(33-16-5-2-6-17-33)52-49(51-47)34-23-26-35(27-24-34)53-41-29-25-31-13-7-8-18-36(31)44(41)40-28-30-43-45(46(40)53)39-21-10-9-19-37(39)38-20-11-12-22-42(38)54-43/h1-30,47,49,51H,(H,50,52). The summed E-state index contributed by atoms with van der Waals surface area (Å²) in [6, 6.07) is 65.7. The second-order valence-corrected chi connectivity index (χ2v) is 15.1. The molecular weight excluding hydrogens is 677 g/mol. The third-order valence-corrected chi connectivity index (χ3v) is 12.0. The van der Waals surface area contributed by atoms with Crippen LogP contribution in [0.4, 0.5) is 0 Å². The Morgan fingerprint density at radius 2 is 1.22 bits per heavy atom. The van der Waals surface area contributed by atoms with E-state index in [0.717, 1.165) is 28.2 Å². The summed E-state index contributed by atoms with van der Waals surface area (Å²) in [5, 5.41) is 12.5. The average Bonchev–Trinajstić information content (AvgIpc) is 3.51. The number of benzene rings is 8. The average molecular weight is 711 g/mol. The maximum absolute atomic E-state index is 5.12. The van der Waals surface area contributed by atoms with Crippen molar-refractivity contribution < 1.29 is 0 Å². The van der Waals surface area contributed by atoms with Gasteiger partial charge in [-0.2, -0.15) is 0 Å². The SMILES string of the molecule is c1ccc(C2=NC(c3ccccc3)NC(c3ccc(-n4c5ccc6ccccc6c5c5ccc6c(c54)-c4ccccc4-c4ccccc4S6)cc3)N2)cc1. The molecule has 9 aromatic rings. The fourth-order valence-corrected chi connectivity index (χ4v) is 9.51. The van der Waals surface area contributed by atoms with E-state index in [2.05, 4.69) is 191 Å². The van der Waals surface area contributed by atoms with Crippen LogP contribution in [0.5, 0.6) is 0 Å². The molecule has 0 fully saturated rings. The Morgan fingerprint density at radius 1 is 0.519 bits per heavy atom. The lowest BCUT2D eigenvalue weighted by Gasteiger charge is -2.32. The first kappa shape index (κ1) is 31.2. The Hall–Kier alpha value is -6.40. The van der Waals surface area contributed by atoms with E-state index in [4.69, 9.17) is 4.99 Å². The Balaban J connectivity index is 1.11. The molecule has 2 aliphatic rings. The zero-order valence-electron chi connectivity index (χ0n) is 29.3. The fraction of sp³-hybridized carbons (Fsp3) is 0.0408. The second-order valence-electron chi connectivity index (χ2n) is 14.0. The van der Waals surface area contributed by atoms with Crippen LogP contribution in [0.25, 0.3) is 60.5 Å². The van der Waals surface area contributed by atoms with E-state index in [1.165, 1.54) is 64.6 Å². The van der Waals surface area contributed by atoms with E-state index in [0.29, 0.717) is 0 Å². The number of fused-ring (bicyclic) bond motifs is 11. The molecule has 0 saturated carbocycles. The van der Waals surface area contributed by atoms with Crippen molar-refractivity contribution in [1.82, 2.24) is 15.2 Å².